The van der Waals surface area contributed by atoms with Gasteiger partial charge in [-0.05, 0) is 27.7 Å². The number of alkyl halides is 3. The molecule has 0 aromatic rings. The zero-order valence-electron chi connectivity index (χ0n) is 11.9. The minimum atomic E-state index is -5.14. The van der Waals surface area contributed by atoms with Gasteiger partial charge < -0.3 is 9.47 Å². The highest BCUT2D eigenvalue weighted by atomic mass is 19.4. The van der Waals surface area contributed by atoms with Crippen molar-refractivity contribution in [2.45, 2.75) is 51.1 Å². The molecule has 1 heterocycles. The third kappa shape index (κ3) is 2.75. The highest BCUT2D eigenvalue weighted by Crippen LogP contribution is 2.53. The van der Waals surface area contributed by atoms with Crippen molar-refractivity contribution < 1.29 is 32.2 Å². The van der Waals surface area contributed by atoms with Crippen molar-refractivity contribution in [2.75, 3.05) is 6.61 Å². The van der Waals surface area contributed by atoms with Gasteiger partial charge in [-0.3, -0.25) is 4.90 Å². The Balaban J connectivity index is 3.18. The van der Waals surface area contributed by atoms with E-state index >= 15 is 0 Å². The molecule has 1 amide bonds. The molecule has 1 aliphatic rings. The Morgan fingerprint density at radius 1 is 1.33 bits per heavy atom. The monoisotopic (exact) mass is 308 g/mol. The van der Waals surface area contributed by atoms with Crippen molar-refractivity contribution in [2.24, 2.45) is 0 Å². The van der Waals surface area contributed by atoms with Gasteiger partial charge in [-0.25, -0.2) is 9.59 Å². The van der Waals surface area contributed by atoms with E-state index in [0.29, 0.717) is 0 Å². The van der Waals surface area contributed by atoms with Gasteiger partial charge in [0.2, 0.25) is 0 Å². The van der Waals surface area contributed by atoms with Crippen LogP contribution in [0.5, 0.6) is 0 Å². The van der Waals surface area contributed by atoms with E-state index in [1.54, 1.807) is 0 Å². The van der Waals surface area contributed by atoms with Gasteiger partial charge >= 0.3 is 18.2 Å². The van der Waals surface area contributed by atoms with Crippen molar-refractivity contribution in [3.05, 3.63) is 0 Å². The molecule has 2 atom stereocenters. The predicted molar refractivity (Wildman–Crippen MR) is 62.9 cm³/mol. The Hall–Kier alpha value is -1.98. The summed E-state index contributed by atoms with van der Waals surface area (Å²) in [6, 6.07) is -0.697. The number of carbonyl (C=O) groups excluding carboxylic acids is 2. The molecule has 0 aliphatic carbocycles. The lowest BCUT2D eigenvalue weighted by atomic mass is 10.1. The topological polar surface area (TPSA) is 79.4 Å². The van der Waals surface area contributed by atoms with E-state index in [1.165, 1.54) is 33.8 Å². The fourth-order valence-corrected chi connectivity index (χ4v) is 1.86. The minimum absolute atomic E-state index is 0.0657. The first kappa shape index (κ1) is 17.1. The smallest absolute Gasteiger partial charge is 0.426 e. The maximum Gasteiger partial charge on any atom is 0.426 e. The van der Waals surface area contributed by atoms with Crippen molar-refractivity contribution >= 4 is 12.1 Å². The van der Waals surface area contributed by atoms with Crippen molar-refractivity contribution in [1.29, 1.82) is 5.26 Å². The minimum Gasteiger partial charge on any atom is -0.464 e. The molecular formula is C12H15F3N2O4. The number of rotatable bonds is 2. The summed E-state index contributed by atoms with van der Waals surface area (Å²) in [5.41, 5.74) is -4.36. The standard InChI is InChI=1S/C12H15F3N2O4/c1-5-20-8(18)11(12(13,14)15)7(6-16)17(11)9(19)21-10(2,3)4/h7H,5H2,1-4H3. The van der Waals surface area contributed by atoms with E-state index in [1.807, 2.05) is 0 Å². The number of nitrogens with zero attached hydrogens (tertiary/aromatic N) is 2. The second-order valence-electron chi connectivity index (χ2n) is 5.37. The average molecular weight is 308 g/mol. The molecule has 0 saturated carbocycles. The molecule has 0 bridgehead atoms. The van der Waals surface area contributed by atoms with Gasteiger partial charge in [0.05, 0.1) is 12.7 Å². The van der Waals surface area contributed by atoms with Crippen molar-refractivity contribution in [3.8, 4) is 6.07 Å². The van der Waals surface area contributed by atoms with Gasteiger partial charge in [0, 0.05) is 0 Å². The predicted octanol–water partition coefficient (Wildman–Crippen LogP) is 1.99. The SMILES string of the molecule is CCOC(=O)C1(C(F)(F)F)C(C#N)N1C(=O)OC(C)(C)C. The van der Waals surface area contributed by atoms with Crippen LogP contribution in [0.3, 0.4) is 0 Å². The molecule has 0 aromatic heterocycles. The Morgan fingerprint density at radius 3 is 2.19 bits per heavy atom. The second kappa shape index (κ2) is 5.09. The molecule has 1 saturated heterocycles. The Kier molecular flexibility index (Phi) is 4.14. The van der Waals surface area contributed by atoms with Crippen LogP contribution in [0.25, 0.3) is 0 Å². The summed E-state index contributed by atoms with van der Waals surface area (Å²) >= 11 is 0. The third-order valence-corrected chi connectivity index (χ3v) is 2.70. The average Bonchev–Trinajstić information content (AvgIpc) is 2.96. The second-order valence-corrected chi connectivity index (χ2v) is 5.37. The molecule has 9 heteroatoms. The lowest BCUT2D eigenvalue weighted by Gasteiger charge is -2.22. The number of carbonyl (C=O) groups is 2. The van der Waals surface area contributed by atoms with Gasteiger partial charge in [0.25, 0.3) is 5.54 Å². The fraction of sp³-hybridized carbons (Fsp3) is 0.750. The van der Waals surface area contributed by atoms with Gasteiger partial charge in [0.15, 0.2) is 6.04 Å². The summed E-state index contributed by atoms with van der Waals surface area (Å²) in [7, 11) is 0. The zero-order valence-corrected chi connectivity index (χ0v) is 11.9. The molecule has 6 nitrogen and oxygen atoms in total. The molecule has 0 N–H and O–H groups in total. The van der Waals surface area contributed by atoms with Crippen LogP contribution in [0.4, 0.5) is 18.0 Å². The molecule has 21 heavy (non-hydrogen) atoms. The van der Waals surface area contributed by atoms with Gasteiger partial charge in [-0.1, -0.05) is 0 Å². The maximum atomic E-state index is 13.2. The lowest BCUT2D eigenvalue weighted by Crippen LogP contribution is -2.48. The van der Waals surface area contributed by atoms with E-state index in [0.717, 1.165) is 0 Å². The van der Waals surface area contributed by atoms with Crippen LogP contribution in [0.2, 0.25) is 0 Å². The normalized spacial score (nSPS) is 25.0. The van der Waals surface area contributed by atoms with Gasteiger partial charge in [-0.2, -0.15) is 18.4 Å². The van der Waals surface area contributed by atoms with E-state index in [2.05, 4.69) is 4.74 Å². The Morgan fingerprint density at radius 2 is 1.86 bits per heavy atom. The molecule has 0 aromatic carbocycles. The zero-order chi connectivity index (χ0) is 16.6. The number of hydrogen-bond donors (Lipinski definition) is 0. The quantitative estimate of drug-likeness (QED) is 0.576. The molecule has 0 spiro atoms. The first-order valence-electron chi connectivity index (χ1n) is 6.09. The summed E-state index contributed by atoms with van der Waals surface area (Å²) in [6.45, 7) is 5.38. The van der Waals surface area contributed by atoms with Crippen molar-refractivity contribution in [3.63, 3.8) is 0 Å². The maximum absolute atomic E-state index is 13.2. The number of hydrogen-bond acceptors (Lipinski definition) is 5. The van der Waals surface area contributed by atoms with E-state index in [9.17, 15) is 22.8 Å². The molecule has 0 radical (unpaired) electrons. The largest absolute Gasteiger partial charge is 0.464 e. The number of halogens is 3. The summed E-state index contributed by atoms with van der Waals surface area (Å²) in [4.78, 5) is 23.6. The first-order valence-corrected chi connectivity index (χ1v) is 6.09. The van der Waals surface area contributed by atoms with Crippen LogP contribution in [-0.4, -0.2) is 46.9 Å². The number of ether oxygens (including phenoxy) is 2. The van der Waals surface area contributed by atoms with Crippen LogP contribution < -0.4 is 0 Å². The molecular weight excluding hydrogens is 293 g/mol. The molecule has 1 fully saturated rings. The Labute approximate surface area is 119 Å². The van der Waals surface area contributed by atoms with E-state index in [4.69, 9.17) is 10.00 Å². The van der Waals surface area contributed by atoms with Crippen molar-refractivity contribution in [1.82, 2.24) is 4.90 Å². The summed E-state index contributed by atoms with van der Waals surface area (Å²) in [5, 5.41) is 8.83. The van der Waals surface area contributed by atoms with E-state index in [-0.39, 0.29) is 11.5 Å². The van der Waals surface area contributed by atoms with Gasteiger partial charge in [-0.15, -0.1) is 0 Å². The van der Waals surface area contributed by atoms with E-state index < -0.39 is 35.4 Å². The molecule has 118 valence electrons. The lowest BCUT2D eigenvalue weighted by molar-refractivity contribution is -0.194. The molecule has 1 aliphatic heterocycles. The fourth-order valence-electron chi connectivity index (χ4n) is 1.86. The first-order chi connectivity index (χ1) is 9.43. The van der Waals surface area contributed by atoms with Crippen LogP contribution >= 0.6 is 0 Å². The number of amides is 1. The molecule has 2 unspecified atom stereocenters. The van der Waals surface area contributed by atoms with Crippen LogP contribution in [-0.2, 0) is 14.3 Å². The summed E-state index contributed by atoms with van der Waals surface area (Å²) in [5.74, 6) is -1.69. The highest BCUT2D eigenvalue weighted by molar-refractivity contribution is 5.95. The third-order valence-electron chi connectivity index (χ3n) is 2.70. The number of esters is 1. The summed E-state index contributed by atoms with van der Waals surface area (Å²) < 4.78 is 48.9. The summed E-state index contributed by atoms with van der Waals surface area (Å²) in [6.07, 6.45) is -6.53. The molecule has 1 rings (SSSR count). The van der Waals surface area contributed by atoms with Gasteiger partial charge in [0.1, 0.15) is 5.60 Å². The number of nitriles is 1. The van der Waals surface area contributed by atoms with Crippen LogP contribution in [0, 0.1) is 11.3 Å². The van der Waals surface area contributed by atoms with Crippen LogP contribution in [0.1, 0.15) is 27.7 Å². The Bertz CT molecular complexity index is 492. The van der Waals surface area contributed by atoms with Crippen LogP contribution in [0.15, 0.2) is 0 Å². The highest BCUT2D eigenvalue weighted by Gasteiger charge is 2.86.